The third-order valence-corrected chi connectivity index (χ3v) is 1.19. The Balaban J connectivity index is 0.000000218. The summed E-state index contributed by atoms with van der Waals surface area (Å²) in [6.45, 7) is 11.2. The molecule has 2 N–H and O–H groups in total. The highest BCUT2D eigenvalue weighted by Crippen LogP contribution is 1.81. The lowest BCUT2D eigenvalue weighted by Crippen LogP contribution is -2.21. The second-order valence-electron chi connectivity index (χ2n) is 3.59. The maximum Gasteiger partial charge on any atom is 0.00767 e. The van der Waals surface area contributed by atoms with Crippen LogP contribution in [0.5, 0.6) is 0 Å². The molecule has 0 saturated carbocycles. The van der Waals surface area contributed by atoms with E-state index in [1.54, 1.807) is 0 Å². The van der Waals surface area contributed by atoms with E-state index < -0.39 is 0 Å². The van der Waals surface area contributed by atoms with Crippen molar-refractivity contribution in [2.24, 2.45) is 5.92 Å². The lowest BCUT2D eigenvalue weighted by Gasteiger charge is -1.92. The molecule has 0 radical (unpaired) electrons. The van der Waals surface area contributed by atoms with Crippen LogP contribution in [0.1, 0.15) is 27.2 Å². The van der Waals surface area contributed by atoms with Crippen LogP contribution in [0.2, 0.25) is 0 Å². The predicted molar refractivity (Wildman–Crippen MR) is 50.9 cm³/mol. The van der Waals surface area contributed by atoms with Gasteiger partial charge in [-0.2, -0.15) is 0 Å². The summed E-state index contributed by atoms with van der Waals surface area (Å²) in [6.07, 6.45) is 1.28. The Morgan fingerprint density at radius 1 is 0.818 bits per heavy atom. The maximum absolute atomic E-state index is 3.28. The molecule has 1 saturated heterocycles. The van der Waals surface area contributed by atoms with Gasteiger partial charge in [-0.25, -0.2) is 0 Å². The molecule has 11 heavy (non-hydrogen) atoms. The number of hydrogen-bond donors (Lipinski definition) is 2. The van der Waals surface area contributed by atoms with Crippen LogP contribution < -0.4 is 10.6 Å². The van der Waals surface area contributed by atoms with Crippen molar-refractivity contribution < 1.29 is 0 Å². The van der Waals surface area contributed by atoms with E-state index in [2.05, 4.69) is 31.4 Å². The Bertz CT molecular complexity index is 49.6. The second kappa shape index (κ2) is 8.02. The van der Waals surface area contributed by atoms with Crippen molar-refractivity contribution in [2.75, 3.05) is 26.2 Å². The van der Waals surface area contributed by atoms with Gasteiger partial charge in [0.2, 0.25) is 0 Å². The van der Waals surface area contributed by atoms with E-state index in [-0.39, 0.29) is 0 Å². The van der Waals surface area contributed by atoms with Crippen molar-refractivity contribution in [2.45, 2.75) is 27.2 Å². The molecule has 0 aromatic heterocycles. The highest BCUT2D eigenvalue weighted by atomic mass is 15.0. The Kier molecular flexibility index (Phi) is 7.96. The van der Waals surface area contributed by atoms with E-state index in [0.717, 1.165) is 19.0 Å². The van der Waals surface area contributed by atoms with Crippen molar-refractivity contribution in [3.05, 3.63) is 0 Å². The summed E-state index contributed by atoms with van der Waals surface area (Å²) in [6, 6.07) is 0. The van der Waals surface area contributed by atoms with Gasteiger partial charge in [-0.1, -0.05) is 20.8 Å². The van der Waals surface area contributed by atoms with Gasteiger partial charge in [-0.3, -0.25) is 0 Å². The zero-order valence-corrected chi connectivity index (χ0v) is 8.11. The molecule has 0 spiro atoms. The van der Waals surface area contributed by atoms with E-state index >= 15 is 0 Å². The van der Waals surface area contributed by atoms with Crippen LogP contribution in [0.4, 0.5) is 0 Å². The van der Waals surface area contributed by atoms with Crippen LogP contribution in [0.25, 0.3) is 0 Å². The van der Waals surface area contributed by atoms with Gasteiger partial charge < -0.3 is 10.6 Å². The minimum absolute atomic E-state index is 0.833. The molecule has 0 amide bonds. The molecule has 1 heterocycles. The summed E-state index contributed by atoms with van der Waals surface area (Å²) in [5.74, 6) is 0.833. The first kappa shape index (κ1) is 10.9. The Labute approximate surface area is 70.8 Å². The van der Waals surface area contributed by atoms with E-state index in [9.17, 15) is 0 Å². The van der Waals surface area contributed by atoms with Crippen molar-refractivity contribution in [1.82, 2.24) is 10.6 Å². The molecule has 1 aliphatic rings. The second-order valence-corrected chi connectivity index (χ2v) is 3.59. The van der Waals surface area contributed by atoms with Crippen molar-refractivity contribution in [1.29, 1.82) is 0 Å². The fourth-order valence-corrected chi connectivity index (χ4v) is 0.765. The first-order chi connectivity index (χ1) is 5.23. The highest BCUT2D eigenvalue weighted by molar-refractivity contribution is 4.57. The molecule has 1 aliphatic heterocycles. The van der Waals surface area contributed by atoms with Gasteiger partial charge >= 0.3 is 0 Å². The molecule has 0 aliphatic carbocycles. The molecular weight excluding hydrogens is 136 g/mol. The summed E-state index contributed by atoms with van der Waals surface area (Å²) in [4.78, 5) is 0. The number of rotatable bonds is 0. The zero-order chi connectivity index (χ0) is 8.53. The molecule has 0 aromatic rings. The van der Waals surface area contributed by atoms with Crippen LogP contribution in [0.15, 0.2) is 0 Å². The molecule has 0 unspecified atom stereocenters. The summed E-state index contributed by atoms with van der Waals surface area (Å²) >= 11 is 0. The Morgan fingerprint density at radius 2 is 1.18 bits per heavy atom. The fraction of sp³-hybridized carbons (Fsp3) is 1.00. The summed E-state index contributed by atoms with van der Waals surface area (Å²) in [5, 5.41) is 6.57. The van der Waals surface area contributed by atoms with Gasteiger partial charge in [0.1, 0.15) is 0 Å². The smallest absolute Gasteiger partial charge is 0.00767 e. The largest absolute Gasteiger partial charge is 0.315 e. The summed E-state index contributed by atoms with van der Waals surface area (Å²) < 4.78 is 0. The maximum atomic E-state index is 3.28. The van der Waals surface area contributed by atoms with E-state index in [0.29, 0.717) is 0 Å². The highest BCUT2D eigenvalue weighted by Gasteiger charge is 1.92. The zero-order valence-electron chi connectivity index (χ0n) is 8.11. The minimum atomic E-state index is 0.833. The lowest BCUT2D eigenvalue weighted by atomic mass is 10.3. The van der Waals surface area contributed by atoms with Crippen LogP contribution in [-0.2, 0) is 0 Å². The third kappa shape index (κ3) is 13.0. The van der Waals surface area contributed by atoms with Gasteiger partial charge in [0.15, 0.2) is 0 Å². The van der Waals surface area contributed by atoms with Gasteiger partial charge in [-0.15, -0.1) is 0 Å². The first-order valence-corrected chi connectivity index (χ1v) is 4.65. The number of hydrogen-bond acceptors (Lipinski definition) is 2. The third-order valence-electron chi connectivity index (χ3n) is 1.19. The molecule has 0 aromatic carbocycles. The quantitative estimate of drug-likeness (QED) is 0.554. The minimum Gasteiger partial charge on any atom is -0.315 e. The topological polar surface area (TPSA) is 24.1 Å². The molecule has 68 valence electrons. The fourth-order valence-electron chi connectivity index (χ4n) is 0.765. The molecule has 2 heteroatoms. The van der Waals surface area contributed by atoms with Crippen molar-refractivity contribution >= 4 is 0 Å². The standard InChI is InChI=1S/C5H12N2.C4H10/c1-2-6-4-5-7-3-1;1-4(2)3/h6-7H,1-5H2;4H,1-3H3. The average molecular weight is 158 g/mol. The Hall–Kier alpha value is -0.0800. The van der Waals surface area contributed by atoms with Crippen LogP contribution in [0.3, 0.4) is 0 Å². The van der Waals surface area contributed by atoms with E-state index in [1.165, 1.54) is 19.5 Å². The van der Waals surface area contributed by atoms with Crippen molar-refractivity contribution in [3.63, 3.8) is 0 Å². The first-order valence-electron chi connectivity index (χ1n) is 4.65. The van der Waals surface area contributed by atoms with Crippen LogP contribution in [-0.4, -0.2) is 26.2 Å². The number of nitrogens with one attached hydrogen (secondary N) is 2. The lowest BCUT2D eigenvalue weighted by molar-refractivity contribution is 0.718. The molecule has 1 fully saturated rings. The SMILES string of the molecule is C1CNCCNC1.CC(C)C. The van der Waals surface area contributed by atoms with Gasteiger partial charge in [0, 0.05) is 13.1 Å². The van der Waals surface area contributed by atoms with E-state index in [4.69, 9.17) is 0 Å². The van der Waals surface area contributed by atoms with Gasteiger partial charge in [-0.05, 0) is 25.4 Å². The molecule has 0 bridgehead atoms. The predicted octanol–water partition coefficient (Wildman–Crippen LogP) is 1.23. The normalized spacial score (nSPS) is 18.5. The van der Waals surface area contributed by atoms with Crippen LogP contribution >= 0.6 is 0 Å². The van der Waals surface area contributed by atoms with Crippen molar-refractivity contribution in [3.8, 4) is 0 Å². The summed E-state index contributed by atoms with van der Waals surface area (Å²) in [5.41, 5.74) is 0. The molecule has 1 rings (SSSR count). The molecule has 0 atom stereocenters. The monoisotopic (exact) mass is 158 g/mol. The summed E-state index contributed by atoms with van der Waals surface area (Å²) in [7, 11) is 0. The average Bonchev–Trinajstić information content (AvgIpc) is 2.13. The Morgan fingerprint density at radius 3 is 1.55 bits per heavy atom. The van der Waals surface area contributed by atoms with Crippen LogP contribution in [0, 0.1) is 5.92 Å². The van der Waals surface area contributed by atoms with Gasteiger partial charge in [0.05, 0.1) is 0 Å². The molecular formula is C9H22N2. The van der Waals surface area contributed by atoms with E-state index in [1.807, 2.05) is 0 Å². The van der Waals surface area contributed by atoms with Gasteiger partial charge in [0.25, 0.3) is 0 Å². The molecule has 2 nitrogen and oxygen atoms in total.